The maximum atomic E-state index is 13.1. The first-order valence-electron chi connectivity index (χ1n) is 9.09. The molecule has 0 spiro atoms. The van der Waals surface area contributed by atoms with Crippen LogP contribution in [0, 0.1) is 9.49 Å². The molecule has 0 saturated carbocycles. The van der Waals surface area contributed by atoms with Crippen LogP contribution in [-0.2, 0) is 0 Å². The van der Waals surface area contributed by atoms with Crippen LogP contribution in [0.2, 0.25) is 0 Å². The van der Waals surface area contributed by atoms with Crippen LogP contribution in [0.25, 0.3) is 17.0 Å². The number of hydrogen-bond donors (Lipinski definition) is 0. The molecule has 0 bridgehead atoms. The van der Waals surface area contributed by atoms with E-state index in [0.29, 0.717) is 22.6 Å². The third kappa shape index (κ3) is 2.88. The second-order valence-corrected chi connectivity index (χ2v) is 10.9. The van der Waals surface area contributed by atoms with Gasteiger partial charge in [0, 0.05) is 0 Å². The van der Waals surface area contributed by atoms with Crippen molar-refractivity contribution in [2.45, 2.75) is 46.3 Å². The average molecular weight is 481 g/mol. The second kappa shape index (κ2) is 6.36. The van der Waals surface area contributed by atoms with E-state index in [4.69, 9.17) is 13.9 Å². The molecule has 27 heavy (non-hydrogen) atoms. The van der Waals surface area contributed by atoms with Crippen molar-refractivity contribution in [3.63, 3.8) is 0 Å². The van der Waals surface area contributed by atoms with Gasteiger partial charge in [-0.15, -0.1) is 0 Å². The summed E-state index contributed by atoms with van der Waals surface area (Å²) in [6.45, 7) is 9.78. The monoisotopic (exact) mass is 481 g/mol. The molecule has 144 valence electrons. The Labute approximate surface area is 168 Å². The summed E-state index contributed by atoms with van der Waals surface area (Å²) in [5.41, 5.74) is 0.524. The van der Waals surface area contributed by atoms with Crippen molar-refractivity contribution < 1.29 is 39.9 Å². The quantitative estimate of drug-likeness (QED) is 0.362. The number of halogens is 1. The molecule has 0 aliphatic carbocycles. The Morgan fingerprint density at radius 1 is 1.19 bits per heavy atom. The van der Waals surface area contributed by atoms with Crippen LogP contribution < -0.4 is 36.3 Å². The maximum absolute atomic E-state index is 13.1. The van der Waals surface area contributed by atoms with Gasteiger partial charge >= 0.3 is 168 Å². The summed E-state index contributed by atoms with van der Waals surface area (Å²) in [5, 5.41) is 0.758. The van der Waals surface area contributed by atoms with Gasteiger partial charge in [0.05, 0.1) is 0 Å². The zero-order valence-electron chi connectivity index (χ0n) is 16.0. The standard InChI is InChI=1S/C21H22IO5/c1-6-22-13-9-14(23)26-20-15(13)19-12(7-8-21(4,5)27-19)18-16(20)17(24)10(2)11(3)25-18/h7-11H,6H2,1-5H3/q-1/t10-,11-/m1/s1. The predicted molar refractivity (Wildman–Crippen MR) is 99.0 cm³/mol. The summed E-state index contributed by atoms with van der Waals surface area (Å²) in [4.78, 5) is 25.4. The molecule has 0 unspecified atom stereocenters. The molecular formula is C21H22IO5-. The fourth-order valence-corrected chi connectivity index (χ4v) is 5.66. The minimum atomic E-state index is -0.496. The van der Waals surface area contributed by atoms with Gasteiger partial charge in [-0.25, -0.2) is 0 Å². The molecule has 0 radical (unpaired) electrons. The van der Waals surface area contributed by atoms with Gasteiger partial charge in [0.25, 0.3) is 0 Å². The number of fused-ring (bicyclic) bond motifs is 6. The van der Waals surface area contributed by atoms with E-state index in [1.165, 1.54) is 0 Å². The Morgan fingerprint density at radius 3 is 2.63 bits per heavy atom. The number of ketones is 1. The van der Waals surface area contributed by atoms with Crippen LogP contribution in [-0.4, -0.2) is 21.9 Å². The summed E-state index contributed by atoms with van der Waals surface area (Å²) in [6.07, 6.45) is 3.67. The number of Topliss-reactive ketones (excluding diaryl/α,β-unsaturated/α-hetero) is 1. The van der Waals surface area contributed by atoms with Crippen molar-refractivity contribution in [1.82, 2.24) is 0 Å². The number of ether oxygens (including phenoxy) is 2. The second-order valence-electron chi connectivity index (χ2n) is 7.48. The summed E-state index contributed by atoms with van der Waals surface area (Å²) in [7, 11) is 0. The van der Waals surface area contributed by atoms with E-state index in [2.05, 4.69) is 6.92 Å². The molecular weight excluding hydrogens is 459 g/mol. The molecule has 2 atom stereocenters. The molecule has 1 aromatic heterocycles. The number of carbonyl (C=O) groups is 1. The van der Waals surface area contributed by atoms with Crippen LogP contribution in [0.1, 0.15) is 50.5 Å². The molecule has 2 aromatic rings. The Balaban J connectivity index is 2.18. The first kappa shape index (κ1) is 18.5. The van der Waals surface area contributed by atoms with Crippen molar-refractivity contribution in [2.24, 2.45) is 5.92 Å². The van der Waals surface area contributed by atoms with Crippen molar-refractivity contribution in [3.8, 4) is 11.5 Å². The van der Waals surface area contributed by atoms with Gasteiger partial charge < -0.3 is 0 Å². The Morgan fingerprint density at radius 2 is 1.93 bits per heavy atom. The summed E-state index contributed by atoms with van der Waals surface area (Å²) in [6, 6.07) is 1.56. The Bertz CT molecular complexity index is 1050. The molecule has 2 aliphatic heterocycles. The van der Waals surface area contributed by atoms with E-state index >= 15 is 0 Å². The van der Waals surface area contributed by atoms with Crippen LogP contribution in [0.3, 0.4) is 0 Å². The van der Waals surface area contributed by atoms with Crippen molar-refractivity contribution in [3.05, 3.63) is 37.3 Å². The third-order valence-electron chi connectivity index (χ3n) is 5.05. The van der Waals surface area contributed by atoms with E-state index < -0.39 is 32.4 Å². The molecule has 0 amide bonds. The topological polar surface area (TPSA) is 65.7 Å². The molecule has 0 saturated heterocycles. The summed E-state index contributed by atoms with van der Waals surface area (Å²) in [5.74, 6) is 0.760. The van der Waals surface area contributed by atoms with Crippen molar-refractivity contribution in [1.29, 1.82) is 0 Å². The molecule has 0 N–H and O–H groups in total. The van der Waals surface area contributed by atoms with E-state index in [9.17, 15) is 9.59 Å². The van der Waals surface area contributed by atoms with Gasteiger partial charge in [0.15, 0.2) is 0 Å². The molecule has 2 aliphatic rings. The van der Waals surface area contributed by atoms with Crippen LogP contribution in [0.4, 0.5) is 0 Å². The Kier molecular flexibility index (Phi) is 4.36. The van der Waals surface area contributed by atoms with E-state index in [-0.39, 0.29) is 17.8 Å². The third-order valence-corrected chi connectivity index (χ3v) is 7.48. The zero-order valence-corrected chi connectivity index (χ0v) is 18.2. The van der Waals surface area contributed by atoms with Gasteiger partial charge in [-0.2, -0.15) is 0 Å². The molecule has 4 rings (SSSR count). The number of benzene rings is 1. The molecule has 6 heteroatoms. The molecule has 0 fully saturated rings. The van der Waals surface area contributed by atoms with Crippen molar-refractivity contribution >= 4 is 22.8 Å². The summed E-state index contributed by atoms with van der Waals surface area (Å²) < 4.78 is 19.9. The van der Waals surface area contributed by atoms with E-state index in [1.54, 1.807) is 6.07 Å². The van der Waals surface area contributed by atoms with Gasteiger partial charge in [-0.3, -0.25) is 0 Å². The van der Waals surface area contributed by atoms with E-state index in [0.717, 1.165) is 18.9 Å². The molecule has 1 aromatic carbocycles. The Hall–Kier alpha value is -1.83. The number of rotatable bonds is 2. The van der Waals surface area contributed by atoms with Gasteiger partial charge in [-0.1, -0.05) is 0 Å². The first-order chi connectivity index (χ1) is 12.7. The fourth-order valence-electron chi connectivity index (χ4n) is 3.49. The zero-order chi connectivity index (χ0) is 19.5. The van der Waals surface area contributed by atoms with Crippen LogP contribution in [0.5, 0.6) is 11.5 Å². The van der Waals surface area contributed by atoms with Crippen LogP contribution >= 0.6 is 0 Å². The van der Waals surface area contributed by atoms with Gasteiger partial charge in [0.1, 0.15) is 0 Å². The van der Waals surface area contributed by atoms with Crippen LogP contribution in [0.15, 0.2) is 21.4 Å². The number of carbonyl (C=O) groups excluding carboxylic acids is 1. The molecule has 3 heterocycles. The fraction of sp³-hybridized carbons (Fsp3) is 0.429. The first-order valence-corrected chi connectivity index (χ1v) is 11.7. The number of hydrogen-bond acceptors (Lipinski definition) is 5. The predicted octanol–water partition coefficient (Wildman–Crippen LogP) is 0.855. The normalized spacial score (nSPS) is 22.9. The van der Waals surface area contributed by atoms with Gasteiger partial charge in [-0.05, 0) is 0 Å². The minimum absolute atomic E-state index is 0.0511. The van der Waals surface area contributed by atoms with Gasteiger partial charge in [0.2, 0.25) is 0 Å². The van der Waals surface area contributed by atoms with Crippen molar-refractivity contribution in [2.75, 3.05) is 4.43 Å². The SMILES string of the molecule is CC[I-]c1cc(=O)oc2c3c(c4c(c12)OC(C)(C)C=C4)O[C@H](C)[C@@H](C)C3=O. The summed E-state index contributed by atoms with van der Waals surface area (Å²) >= 11 is -0.403. The van der Waals surface area contributed by atoms with E-state index in [1.807, 2.05) is 39.8 Å². The number of alkyl halides is 1. The average Bonchev–Trinajstić information content (AvgIpc) is 2.58. The molecule has 5 nitrogen and oxygen atoms in total.